The number of hydrogen-bond donors (Lipinski definition) is 2. The number of amides is 1. The van der Waals surface area contributed by atoms with Gasteiger partial charge in [-0.05, 0) is 17.2 Å². The zero-order valence-corrected chi connectivity index (χ0v) is 13.0. The van der Waals surface area contributed by atoms with Crippen LogP contribution in [0.5, 0.6) is 0 Å². The highest BCUT2D eigenvalue weighted by Crippen LogP contribution is 2.16. The normalized spacial score (nSPS) is 15.7. The maximum Gasteiger partial charge on any atom is 0.251 e. The van der Waals surface area contributed by atoms with Crippen LogP contribution in [0.25, 0.3) is 0 Å². The predicted molar refractivity (Wildman–Crippen MR) is 82.7 cm³/mol. The third kappa shape index (κ3) is 4.78. The predicted octanol–water partition coefficient (Wildman–Crippen LogP) is 0.387. The standard InChI is InChI=1S/C16H24N2O4/c1-21-7-4-17-16(20)15-10-13(12-19)2-3-14(15)11-18-5-8-22-9-6-18/h2-3,10,19H,4-9,11-12H2,1H3,(H,17,20). The number of nitrogens with one attached hydrogen (secondary N) is 1. The lowest BCUT2D eigenvalue weighted by Gasteiger charge is -2.27. The van der Waals surface area contributed by atoms with Crippen molar-refractivity contribution < 1.29 is 19.4 Å². The van der Waals surface area contributed by atoms with Crippen LogP contribution < -0.4 is 5.32 Å². The van der Waals surface area contributed by atoms with Gasteiger partial charge in [0.1, 0.15) is 0 Å². The molecule has 6 nitrogen and oxygen atoms in total. The van der Waals surface area contributed by atoms with E-state index in [2.05, 4.69) is 10.2 Å². The number of ether oxygens (including phenoxy) is 2. The Kier molecular flexibility index (Phi) is 6.79. The van der Waals surface area contributed by atoms with Crippen molar-refractivity contribution in [3.8, 4) is 0 Å². The van der Waals surface area contributed by atoms with Gasteiger partial charge in [-0.3, -0.25) is 9.69 Å². The lowest BCUT2D eigenvalue weighted by atomic mass is 10.0. The Bertz CT molecular complexity index is 487. The minimum atomic E-state index is -0.129. The van der Waals surface area contributed by atoms with E-state index in [1.54, 1.807) is 13.2 Å². The SMILES string of the molecule is COCCNC(=O)c1cc(CO)ccc1CN1CCOCC1. The molecule has 0 unspecified atom stereocenters. The first kappa shape index (κ1) is 16.9. The Labute approximate surface area is 131 Å². The molecule has 0 spiro atoms. The summed E-state index contributed by atoms with van der Waals surface area (Å²) in [6.07, 6.45) is 0. The van der Waals surface area contributed by atoms with E-state index in [1.807, 2.05) is 12.1 Å². The molecule has 122 valence electrons. The first-order valence-corrected chi connectivity index (χ1v) is 7.54. The van der Waals surface area contributed by atoms with Crippen LogP contribution in [0.3, 0.4) is 0 Å². The lowest BCUT2D eigenvalue weighted by Crippen LogP contribution is -2.36. The van der Waals surface area contributed by atoms with Crippen molar-refractivity contribution in [1.29, 1.82) is 0 Å². The molecule has 0 saturated carbocycles. The molecule has 0 bridgehead atoms. The molecule has 6 heteroatoms. The van der Waals surface area contributed by atoms with Gasteiger partial charge >= 0.3 is 0 Å². The Hall–Kier alpha value is -1.47. The van der Waals surface area contributed by atoms with Crippen molar-refractivity contribution in [1.82, 2.24) is 10.2 Å². The number of carbonyl (C=O) groups excluding carboxylic acids is 1. The second kappa shape index (κ2) is 8.85. The van der Waals surface area contributed by atoms with E-state index < -0.39 is 0 Å². The monoisotopic (exact) mass is 308 g/mol. The van der Waals surface area contributed by atoms with E-state index >= 15 is 0 Å². The highest BCUT2D eigenvalue weighted by Gasteiger charge is 2.16. The first-order chi connectivity index (χ1) is 10.7. The summed E-state index contributed by atoms with van der Waals surface area (Å²) in [6, 6.07) is 5.55. The molecule has 1 aliphatic rings. The second-order valence-corrected chi connectivity index (χ2v) is 5.29. The van der Waals surface area contributed by atoms with Crippen LogP contribution in [0, 0.1) is 0 Å². The number of methoxy groups -OCH3 is 1. The van der Waals surface area contributed by atoms with E-state index in [-0.39, 0.29) is 12.5 Å². The van der Waals surface area contributed by atoms with Gasteiger partial charge in [0.25, 0.3) is 5.91 Å². The van der Waals surface area contributed by atoms with E-state index in [4.69, 9.17) is 9.47 Å². The molecule has 0 atom stereocenters. The van der Waals surface area contributed by atoms with Crippen molar-refractivity contribution in [3.63, 3.8) is 0 Å². The molecule has 22 heavy (non-hydrogen) atoms. The summed E-state index contributed by atoms with van der Waals surface area (Å²) >= 11 is 0. The fraction of sp³-hybridized carbons (Fsp3) is 0.562. The van der Waals surface area contributed by atoms with Gasteiger partial charge in [0.15, 0.2) is 0 Å². The van der Waals surface area contributed by atoms with Crippen molar-refractivity contribution in [2.45, 2.75) is 13.2 Å². The molecule has 1 aliphatic heterocycles. The van der Waals surface area contributed by atoms with Crippen LogP contribution in [0.1, 0.15) is 21.5 Å². The van der Waals surface area contributed by atoms with Crippen molar-refractivity contribution >= 4 is 5.91 Å². The molecule has 0 radical (unpaired) electrons. The molecular formula is C16H24N2O4. The summed E-state index contributed by atoms with van der Waals surface area (Å²) < 4.78 is 10.3. The summed E-state index contributed by atoms with van der Waals surface area (Å²) in [4.78, 5) is 14.6. The highest BCUT2D eigenvalue weighted by molar-refractivity contribution is 5.95. The van der Waals surface area contributed by atoms with Crippen LogP contribution in [-0.4, -0.2) is 62.5 Å². The highest BCUT2D eigenvalue weighted by atomic mass is 16.5. The molecule has 1 aromatic rings. The molecular weight excluding hydrogens is 284 g/mol. The Morgan fingerprint density at radius 2 is 2.18 bits per heavy atom. The zero-order chi connectivity index (χ0) is 15.8. The number of aliphatic hydroxyl groups excluding tert-OH is 1. The Morgan fingerprint density at radius 1 is 1.41 bits per heavy atom. The van der Waals surface area contributed by atoms with E-state index in [0.717, 1.165) is 37.4 Å². The summed E-state index contributed by atoms with van der Waals surface area (Å²) in [6.45, 7) is 4.77. The average molecular weight is 308 g/mol. The fourth-order valence-corrected chi connectivity index (χ4v) is 2.43. The molecule has 1 aromatic carbocycles. The Balaban J connectivity index is 2.11. The molecule has 0 aromatic heterocycles. The molecule has 1 fully saturated rings. The van der Waals surface area contributed by atoms with Crippen LogP contribution in [0.4, 0.5) is 0 Å². The van der Waals surface area contributed by atoms with E-state index in [1.165, 1.54) is 0 Å². The van der Waals surface area contributed by atoms with Crippen molar-refractivity contribution in [3.05, 3.63) is 34.9 Å². The largest absolute Gasteiger partial charge is 0.392 e. The van der Waals surface area contributed by atoms with Crippen molar-refractivity contribution in [2.24, 2.45) is 0 Å². The van der Waals surface area contributed by atoms with Crippen molar-refractivity contribution in [2.75, 3.05) is 46.6 Å². The summed E-state index contributed by atoms with van der Waals surface area (Å²) in [7, 11) is 1.60. The first-order valence-electron chi connectivity index (χ1n) is 7.54. The van der Waals surface area contributed by atoms with Gasteiger partial charge < -0.3 is 19.9 Å². The fourth-order valence-electron chi connectivity index (χ4n) is 2.43. The zero-order valence-electron chi connectivity index (χ0n) is 13.0. The van der Waals surface area contributed by atoms with Crippen LogP contribution in [0.15, 0.2) is 18.2 Å². The minimum absolute atomic E-state index is 0.0732. The molecule has 2 rings (SSSR count). The van der Waals surface area contributed by atoms with Gasteiger partial charge in [0, 0.05) is 38.9 Å². The minimum Gasteiger partial charge on any atom is -0.392 e. The Morgan fingerprint density at radius 3 is 2.86 bits per heavy atom. The third-order valence-electron chi connectivity index (χ3n) is 3.69. The smallest absolute Gasteiger partial charge is 0.251 e. The van der Waals surface area contributed by atoms with E-state index in [0.29, 0.717) is 25.3 Å². The molecule has 1 amide bonds. The molecule has 1 heterocycles. The lowest BCUT2D eigenvalue weighted by molar-refractivity contribution is 0.0340. The van der Waals surface area contributed by atoms with Crippen LogP contribution in [-0.2, 0) is 22.6 Å². The number of benzene rings is 1. The third-order valence-corrected chi connectivity index (χ3v) is 3.69. The number of morpholine rings is 1. The molecule has 1 saturated heterocycles. The summed E-state index contributed by atoms with van der Waals surface area (Å²) in [5.41, 5.74) is 2.32. The maximum atomic E-state index is 12.4. The van der Waals surface area contributed by atoms with Gasteiger partial charge in [-0.25, -0.2) is 0 Å². The van der Waals surface area contributed by atoms with Gasteiger partial charge in [-0.2, -0.15) is 0 Å². The van der Waals surface area contributed by atoms with Crippen LogP contribution >= 0.6 is 0 Å². The summed E-state index contributed by atoms with van der Waals surface area (Å²) in [5, 5.41) is 12.1. The van der Waals surface area contributed by atoms with Gasteiger partial charge in [0.05, 0.1) is 26.4 Å². The molecule has 0 aliphatic carbocycles. The molecule has 2 N–H and O–H groups in total. The second-order valence-electron chi connectivity index (χ2n) is 5.29. The van der Waals surface area contributed by atoms with Gasteiger partial charge in [-0.15, -0.1) is 0 Å². The summed E-state index contributed by atoms with van der Waals surface area (Å²) in [5.74, 6) is -0.129. The van der Waals surface area contributed by atoms with Gasteiger partial charge in [-0.1, -0.05) is 12.1 Å². The number of aliphatic hydroxyl groups is 1. The average Bonchev–Trinajstić information content (AvgIpc) is 2.56. The number of nitrogens with zero attached hydrogens (tertiary/aromatic N) is 1. The number of carbonyl (C=O) groups is 1. The van der Waals surface area contributed by atoms with Gasteiger partial charge in [0.2, 0.25) is 0 Å². The number of hydrogen-bond acceptors (Lipinski definition) is 5. The number of rotatable bonds is 7. The van der Waals surface area contributed by atoms with E-state index in [9.17, 15) is 9.90 Å². The van der Waals surface area contributed by atoms with Crippen LogP contribution in [0.2, 0.25) is 0 Å². The quantitative estimate of drug-likeness (QED) is 0.713. The maximum absolute atomic E-state index is 12.4. The topological polar surface area (TPSA) is 71.0 Å².